The van der Waals surface area contributed by atoms with Crippen LogP contribution in [-0.4, -0.2) is 75.4 Å². The number of nitrogens with one attached hydrogen (secondary N) is 1. The minimum absolute atomic E-state index is 0.0769. The number of fused-ring (bicyclic) bond motifs is 2. The smallest absolute Gasteiger partial charge is 0.282 e. The Kier molecular flexibility index (Phi) is 9.01. The van der Waals surface area contributed by atoms with Gasteiger partial charge in [-0.15, -0.1) is 0 Å². The maximum Gasteiger partial charge on any atom is 0.282 e. The molecule has 1 fully saturated rings. The van der Waals surface area contributed by atoms with Crippen LogP contribution in [0.15, 0.2) is 75.4 Å². The topological polar surface area (TPSA) is 81.7 Å². The van der Waals surface area contributed by atoms with E-state index in [4.69, 9.17) is 0 Å². The van der Waals surface area contributed by atoms with E-state index < -0.39 is 29.1 Å². The summed E-state index contributed by atoms with van der Waals surface area (Å²) < 4.78 is 56.7. The third-order valence-electron chi connectivity index (χ3n) is 8.25. The number of hydrogen-bond donors (Lipinski definition) is 1. The summed E-state index contributed by atoms with van der Waals surface area (Å²) in [5.41, 5.74) is 4.01. The maximum absolute atomic E-state index is 16.8. The van der Waals surface area contributed by atoms with Crippen molar-refractivity contribution in [2.75, 3.05) is 49.7 Å². The number of amides is 1. The monoisotopic (exact) mass is 626 g/mol. The van der Waals surface area contributed by atoms with Gasteiger partial charge in [-0.05, 0) is 51.5 Å². The van der Waals surface area contributed by atoms with Crippen molar-refractivity contribution >= 4 is 28.1 Å². The molecule has 2 aromatic heterocycles. The zero-order chi connectivity index (χ0) is 31.9. The molecule has 8 nitrogen and oxygen atoms in total. The molecule has 234 valence electrons. The Morgan fingerprint density at radius 3 is 2.39 bits per heavy atom. The van der Waals surface area contributed by atoms with Crippen LogP contribution < -0.4 is 10.2 Å². The number of carbonyl (C=O) groups excluding carboxylic acids is 1. The lowest BCUT2D eigenvalue weighted by molar-refractivity contribution is -0.125. The first-order chi connectivity index (χ1) is 20.8. The van der Waals surface area contributed by atoms with Gasteiger partial charge in [0.05, 0.1) is 39.0 Å². The van der Waals surface area contributed by atoms with Crippen LogP contribution in [0, 0.1) is 13.8 Å². The Morgan fingerprint density at radius 2 is 1.73 bits per heavy atom. The van der Waals surface area contributed by atoms with Crippen LogP contribution in [0.2, 0.25) is 0 Å². The predicted molar refractivity (Wildman–Crippen MR) is 166 cm³/mol. The second-order valence-electron chi connectivity index (χ2n) is 11.4. The van der Waals surface area contributed by atoms with E-state index in [0.717, 1.165) is 17.0 Å². The minimum Gasteiger partial charge on any atom is -0.377 e. The normalized spacial score (nSPS) is 19.1. The van der Waals surface area contributed by atoms with Crippen molar-refractivity contribution in [3.05, 3.63) is 87.6 Å². The third kappa shape index (κ3) is 6.17. The summed E-state index contributed by atoms with van der Waals surface area (Å²) in [7, 11) is 0.410. The van der Waals surface area contributed by atoms with Gasteiger partial charge in [0.25, 0.3) is 12.3 Å². The van der Waals surface area contributed by atoms with E-state index in [-0.39, 0.29) is 29.5 Å². The van der Waals surface area contributed by atoms with Crippen LogP contribution in [0.3, 0.4) is 0 Å². The fraction of sp³-hybridized carbons (Fsp3) is 0.406. The number of hydrogen-bond acceptors (Lipinski definition) is 7. The molecule has 1 unspecified atom stereocenters. The van der Waals surface area contributed by atoms with Gasteiger partial charge in [0, 0.05) is 68.8 Å². The number of allylic oxidation sites excluding steroid dienone is 4. The number of anilines is 2. The van der Waals surface area contributed by atoms with Crippen molar-refractivity contribution in [3.63, 3.8) is 0 Å². The average Bonchev–Trinajstić information content (AvgIpc) is 3.21. The number of piperazine rings is 1. The molecule has 1 amide bonds. The number of alkyl halides is 2. The number of nitrogens with zero attached hydrogens (tertiary/aromatic N) is 5. The highest BCUT2D eigenvalue weighted by Gasteiger charge is 2.36. The average molecular weight is 627 g/mol. The van der Waals surface area contributed by atoms with Crippen LogP contribution in [0.5, 0.6) is 0 Å². The lowest BCUT2D eigenvalue weighted by Crippen LogP contribution is -2.49. The molecule has 2 aromatic rings. The summed E-state index contributed by atoms with van der Waals surface area (Å²) in [6.07, 6.45) is 4.26. The number of aromatic nitrogens is 2. The standard InChI is InChI=1S/C32H37F3N6O2S/c1-18-13-22-15-25(24(14-18)20(3)38-26-8-7-19(2)37-29(26)30(34)35)28(33)31(39(5)32(22)42)41-11-9-40(10-12-41)23-16-27(44(6)43)21(4)36-17-23/h7-8,13-14,16-17,20,30,38H,9-12,15H2,1-6H3/t20-,44?/m1/s1. The number of likely N-dealkylation sites (N-methyl/N-ethyl adjacent to an activating group) is 1. The molecule has 1 aliphatic carbocycles. The molecule has 0 radical (unpaired) electrons. The Labute approximate surface area is 258 Å². The number of carbonyl (C=O) groups is 1. The third-order valence-corrected chi connectivity index (χ3v) is 9.28. The first kappa shape index (κ1) is 31.5. The molecule has 2 aliphatic heterocycles. The Hall–Kier alpha value is -3.93. The molecule has 1 N–H and O–H groups in total. The molecular formula is C32H37F3N6O2S. The second kappa shape index (κ2) is 12.6. The molecule has 0 saturated carbocycles. The van der Waals surface area contributed by atoms with Crippen LogP contribution in [-0.2, 0) is 15.6 Å². The molecule has 2 atom stereocenters. The van der Waals surface area contributed by atoms with Gasteiger partial charge in [-0.25, -0.2) is 18.2 Å². The van der Waals surface area contributed by atoms with Crippen molar-refractivity contribution in [3.8, 4) is 0 Å². The molecule has 0 spiro atoms. The number of halogens is 3. The van der Waals surface area contributed by atoms with Gasteiger partial charge in [0.2, 0.25) is 0 Å². The van der Waals surface area contributed by atoms with Gasteiger partial charge in [-0.3, -0.25) is 18.9 Å². The summed E-state index contributed by atoms with van der Waals surface area (Å²) in [5.74, 6) is -0.611. The molecule has 12 heteroatoms. The lowest BCUT2D eigenvalue weighted by atomic mass is 9.96. The molecule has 1 saturated heterocycles. The lowest BCUT2D eigenvalue weighted by Gasteiger charge is -2.40. The summed E-state index contributed by atoms with van der Waals surface area (Å²) in [5, 5.41) is 3.13. The van der Waals surface area contributed by atoms with E-state index in [1.807, 2.05) is 30.9 Å². The van der Waals surface area contributed by atoms with E-state index in [2.05, 4.69) is 20.2 Å². The highest BCUT2D eigenvalue weighted by molar-refractivity contribution is 7.84. The van der Waals surface area contributed by atoms with Crippen molar-refractivity contribution in [1.29, 1.82) is 0 Å². The van der Waals surface area contributed by atoms with E-state index in [0.29, 0.717) is 53.5 Å². The van der Waals surface area contributed by atoms with Gasteiger partial charge in [-0.1, -0.05) is 17.7 Å². The number of pyridine rings is 2. The maximum atomic E-state index is 16.8. The first-order valence-corrected chi connectivity index (χ1v) is 16.0. The summed E-state index contributed by atoms with van der Waals surface area (Å²) >= 11 is 0. The van der Waals surface area contributed by atoms with E-state index >= 15 is 4.39 Å². The van der Waals surface area contributed by atoms with Gasteiger partial charge < -0.3 is 15.1 Å². The molecule has 5 rings (SSSR count). The first-order valence-electron chi connectivity index (χ1n) is 14.5. The quantitative estimate of drug-likeness (QED) is 0.430. The van der Waals surface area contributed by atoms with Gasteiger partial charge >= 0.3 is 0 Å². The van der Waals surface area contributed by atoms with E-state index in [1.165, 1.54) is 4.90 Å². The van der Waals surface area contributed by atoms with Gasteiger partial charge in [-0.2, -0.15) is 0 Å². The molecule has 0 aromatic carbocycles. The molecule has 44 heavy (non-hydrogen) atoms. The Balaban J connectivity index is 1.49. The fourth-order valence-electron chi connectivity index (χ4n) is 5.98. The molecule has 3 aliphatic rings. The van der Waals surface area contributed by atoms with Gasteiger partial charge in [0.15, 0.2) is 5.83 Å². The SMILES string of the molecule is CC1=CC([C@@H](C)Nc2ccc(C)nc2C(F)F)=C2CC(=C1)C(=O)N(C)C(N1CCN(c3cnc(C)c(S(C)=O)c3)CC1)=C2F. The van der Waals surface area contributed by atoms with E-state index in [1.54, 1.807) is 51.6 Å². The van der Waals surface area contributed by atoms with E-state index in [9.17, 15) is 17.8 Å². The largest absolute Gasteiger partial charge is 0.377 e. The highest BCUT2D eigenvalue weighted by atomic mass is 32.2. The van der Waals surface area contributed by atoms with Crippen LogP contribution >= 0.6 is 0 Å². The van der Waals surface area contributed by atoms with Crippen molar-refractivity contribution in [2.24, 2.45) is 0 Å². The van der Waals surface area contributed by atoms with Crippen LogP contribution in [0.4, 0.5) is 24.5 Å². The summed E-state index contributed by atoms with van der Waals surface area (Å²) in [6.45, 7) is 9.07. The van der Waals surface area contributed by atoms with Crippen LogP contribution in [0.25, 0.3) is 0 Å². The molecular weight excluding hydrogens is 589 g/mol. The summed E-state index contributed by atoms with van der Waals surface area (Å²) in [4.78, 5) is 28.1. The Morgan fingerprint density at radius 1 is 1.05 bits per heavy atom. The zero-order valence-electron chi connectivity index (χ0n) is 25.7. The minimum atomic E-state index is -2.78. The number of aryl methyl sites for hydroxylation is 2. The molecule has 4 heterocycles. The molecule has 2 bridgehead atoms. The second-order valence-corrected chi connectivity index (χ2v) is 12.8. The highest BCUT2D eigenvalue weighted by Crippen LogP contribution is 2.39. The van der Waals surface area contributed by atoms with Crippen molar-refractivity contribution < 1.29 is 22.2 Å². The Bertz CT molecular complexity index is 1640. The van der Waals surface area contributed by atoms with Crippen molar-refractivity contribution in [2.45, 2.75) is 51.5 Å². The van der Waals surface area contributed by atoms with Crippen LogP contribution in [0.1, 0.15) is 43.8 Å². The fourth-order valence-corrected chi connectivity index (χ4v) is 6.74. The zero-order valence-corrected chi connectivity index (χ0v) is 26.6. The predicted octanol–water partition coefficient (Wildman–Crippen LogP) is 5.57. The van der Waals surface area contributed by atoms with Crippen molar-refractivity contribution in [1.82, 2.24) is 19.8 Å². The summed E-state index contributed by atoms with van der Waals surface area (Å²) in [6, 6.07) is 4.54. The van der Waals surface area contributed by atoms with Gasteiger partial charge in [0.1, 0.15) is 11.5 Å². The number of rotatable bonds is 7.